The number of benzene rings is 1. The quantitative estimate of drug-likeness (QED) is 0.352. The van der Waals surface area contributed by atoms with Crippen LogP contribution in [0.1, 0.15) is 46.4 Å². The highest BCUT2D eigenvalue weighted by Crippen LogP contribution is 2.37. The number of hydrogen-bond acceptors (Lipinski definition) is 5. The number of Topliss-reactive ketones (excluding diaryl/α,β-unsaturated/α-hetero) is 1. The van der Waals surface area contributed by atoms with E-state index in [1.807, 2.05) is 12.1 Å². The Morgan fingerprint density at radius 1 is 1.12 bits per heavy atom. The molecule has 0 unspecified atom stereocenters. The molecule has 33 heavy (non-hydrogen) atoms. The van der Waals surface area contributed by atoms with E-state index in [0.717, 1.165) is 5.39 Å². The smallest absolute Gasteiger partial charge is 0.378 e. The lowest BCUT2D eigenvalue weighted by Crippen LogP contribution is -2.37. The number of ether oxygens (including phenoxy) is 1. The van der Waals surface area contributed by atoms with Crippen LogP contribution in [0.3, 0.4) is 0 Å². The Morgan fingerprint density at radius 3 is 2.67 bits per heavy atom. The van der Waals surface area contributed by atoms with Crippen molar-refractivity contribution in [2.45, 2.75) is 38.8 Å². The second kappa shape index (κ2) is 9.87. The highest BCUT2D eigenvalue weighted by molar-refractivity contribution is 5.99. The van der Waals surface area contributed by atoms with Crippen LogP contribution in [-0.4, -0.2) is 42.1 Å². The van der Waals surface area contributed by atoms with E-state index in [1.165, 1.54) is 6.07 Å². The zero-order valence-corrected chi connectivity index (χ0v) is 18.5. The van der Waals surface area contributed by atoms with Gasteiger partial charge in [-0.3, -0.25) is 4.79 Å². The number of unbranched alkanes of at least 4 members (excludes halogenated alkanes) is 1. The minimum absolute atomic E-state index is 0.00982. The number of hydrogen-bond donors (Lipinski definition) is 0. The molecule has 0 amide bonds. The zero-order chi connectivity index (χ0) is 23.4. The number of alkyl halides is 3. The molecule has 1 aromatic carbocycles. The summed E-state index contributed by atoms with van der Waals surface area (Å²) < 4.78 is 46.4. The maximum Gasteiger partial charge on any atom is 0.418 e. The standard InChI is InChI=1S/C25H26F3N3O2/c1-17-20(16-19-6-4-10-29-24(19)30-17)23(32)7-3-2-5-18-8-9-22(21(15-18)25(26,27)28)31-11-13-33-14-12-31/h4,6,8-10,15-16H,2-3,5,7,11-14H2,1H3. The number of aryl methyl sites for hydroxylation is 2. The molecule has 2 aromatic heterocycles. The molecule has 0 saturated carbocycles. The third-order valence-electron chi connectivity index (χ3n) is 5.92. The van der Waals surface area contributed by atoms with Gasteiger partial charge in [0.05, 0.1) is 24.5 Å². The summed E-state index contributed by atoms with van der Waals surface area (Å²) in [6, 6.07) is 10.0. The van der Waals surface area contributed by atoms with Crippen molar-refractivity contribution in [3.8, 4) is 0 Å². The lowest BCUT2D eigenvalue weighted by molar-refractivity contribution is -0.137. The van der Waals surface area contributed by atoms with Gasteiger partial charge in [0.25, 0.3) is 0 Å². The van der Waals surface area contributed by atoms with Crippen molar-refractivity contribution in [3.05, 3.63) is 65.0 Å². The normalized spacial score (nSPS) is 14.6. The first kappa shape index (κ1) is 23.2. The van der Waals surface area contributed by atoms with Crippen LogP contribution in [0.4, 0.5) is 18.9 Å². The summed E-state index contributed by atoms with van der Waals surface area (Å²) in [7, 11) is 0. The van der Waals surface area contributed by atoms with E-state index in [-0.39, 0.29) is 11.5 Å². The first-order chi connectivity index (χ1) is 15.8. The maximum atomic E-state index is 13.7. The lowest BCUT2D eigenvalue weighted by atomic mass is 9.99. The van der Waals surface area contributed by atoms with Crippen molar-refractivity contribution >= 4 is 22.5 Å². The second-order valence-corrected chi connectivity index (χ2v) is 8.25. The first-order valence-electron chi connectivity index (χ1n) is 11.1. The number of carbonyl (C=O) groups excluding carboxylic acids is 1. The molecule has 4 rings (SSSR count). The molecule has 1 saturated heterocycles. The molecular formula is C25H26F3N3O2. The number of nitrogens with zero attached hydrogens (tertiary/aromatic N) is 3. The van der Waals surface area contributed by atoms with E-state index in [4.69, 9.17) is 4.74 Å². The van der Waals surface area contributed by atoms with Crippen molar-refractivity contribution in [2.24, 2.45) is 0 Å². The highest BCUT2D eigenvalue weighted by atomic mass is 19.4. The Labute approximate surface area is 190 Å². The molecule has 0 spiro atoms. The van der Waals surface area contributed by atoms with E-state index in [1.54, 1.807) is 36.2 Å². The third-order valence-corrected chi connectivity index (χ3v) is 5.92. The van der Waals surface area contributed by atoms with Gasteiger partial charge in [0, 0.05) is 42.3 Å². The molecule has 0 bridgehead atoms. The Morgan fingerprint density at radius 2 is 1.91 bits per heavy atom. The van der Waals surface area contributed by atoms with Crippen LogP contribution >= 0.6 is 0 Å². The first-order valence-corrected chi connectivity index (χ1v) is 11.1. The number of pyridine rings is 2. The number of aromatic nitrogens is 2. The van der Waals surface area contributed by atoms with Crippen molar-refractivity contribution in [2.75, 3.05) is 31.2 Å². The van der Waals surface area contributed by atoms with Crippen LogP contribution in [0, 0.1) is 6.92 Å². The number of rotatable bonds is 7. The van der Waals surface area contributed by atoms with Gasteiger partial charge in [0.2, 0.25) is 0 Å². The molecule has 8 heteroatoms. The van der Waals surface area contributed by atoms with Crippen molar-refractivity contribution in [3.63, 3.8) is 0 Å². The molecule has 0 radical (unpaired) electrons. The third kappa shape index (κ3) is 5.50. The average Bonchev–Trinajstić information content (AvgIpc) is 2.81. The van der Waals surface area contributed by atoms with Crippen LogP contribution in [0.15, 0.2) is 42.6 Å². The van der Waals surface area contributed by atoms with E-state index in [0.29, 0.717) is 74.5 Å². The van der Waals surface area contributed by atoms with E-state index < -0.39 is 11.7 Å². The Kier molecular flexibility index (Phi) is 6.93. The summed E-state index contributed by atoms with van der Waals surface area (Å²) in [6.07, 6.45) is -0.731. The van der Waals surface area contributed by atoms with Crippen LogP contribution in [-0.2, 0) is 17.3 Å². The Balaban J connectivity index is 1.38. The van der Waals surface area contributed by atoms with E-state index in [2.05, 4.69) is 9.97 Å². The summed E-state index contributed by atoms with van der Waals surface area (Å²) in [5.41, 5.74) is 2.04. The van der Waals surface area contributed by atoms with Crippen LogP contribution in [0.5, 0.6) is 0 Å². The monoisotopic (exact) mass is 457 g/mol. The summed E-state index contributed by atoms with van der Waals surface area (Å²) in [4.78, 5) is 23.0. The van der Waals surface area contributed by atoms with E-state index in [9.17, 15) is 18.0 Å². The predicted octanol–water partition coefficient (Wildman–Crippen LogP) is 5.39. The number of ketones is 1. The average molecular weight is 457 g/mol. The minimum Gasteiger partial charge on any atom is -0.378 e. The second-order valence-electron chi connectivity index (χ2n) is 8.25. The summed E-state index contributed by atoms with van der Waals surface area (Å²) in [5.74, 6) is -0.00982. The maximum absolute atomic E-state index is 13.7. The lowest BCUT2D eigenvalue weighted by Gasteiger charge is -2.31. The number of halogens is 3. The molecule has 0 atom stereocenters. The molecule has 3 aromatic rings. The van der Waals surface area contributed by atoms with Crippen molar-refractivity contribution < 1.29 is 22.7 Å². The van der Waals surface area contributed by atoms with Crippen LogP contribution in [0.2, 0.25) is 0 Å². The molecule has 0 N–H and O–H groups in total. The number of anilines is 1. The van der Waals surface area contributed by atoms with Gasteiger partial charge in [-0.15, -0.1) is 0 Å². The molecule has 5 nitrogen and oxygen atoms in total. The van der Waals surface area contributed by atoms with Gasteiger partial charge in [0.15, 0.2) is 11.4 Å². The van der Waals surface area contributed by atoms with Crippen molar-refractivity contribution in [1.29, 1.82) is 0 Å². The molecule has 3 heterocycles. The van der Waals surface area contributed by atoms with Crippen LogP contribution < -0.4 is 4.90 Å². The molecule has 0 aliphatic carbocycles. The highest BCUT2D eigenvalue weighted by Gasteiger charge is 2.35. The molecule has 1 aliphatic heterocycles. The van der Waals surface area contributed by atoms with Gasteiger partial charge in [-0.25, -0.2) is 9.97 Å². The fraction of sp³-hybridized carbons (Fsp3) is 0.400. The molecular weight excluding hydrogens is 431 g/mol. The summed E-state index contributed by atoms with van der Waals surface area (Å²) in [6.45, 7) is 3.54. The van der Waals surface area contributed by atoms with Gasteiger partial charge in [-0.05, 0) is 62.1 Å². The van der Waals surface area contributed by atoms with Crippen LogP contribution in [0.25, 0.3) is 11.0 Å². The van der Waals surface area contributed by atoms with Gasteiger partial charge in [-0.2, -0.15) is 13.2 Å². The largest absolute Gasteiger partial charge is 0.418 e. The zero-order valence-electron chi connectivity index (χ0n) is 18.5. The number of fused-ring (bicyclic) bond motifs is 1. The molecule has 1 aliphatic rings. The summed E-state index contributed by atoms with van der Waals surface area (Å²) >= 11 is 0. The molecule has 174 valence electrons. The Bertz CT molecular complexity index is 1140. The molecule has 1 fully saturated rings. The fourth-order valence-corrected chi connectivity index (χ4v) is 4.17. The minimum atomic E-state index is -4.42. The summed E-state index contributed by atoms with van der Waals surface area (Å²) in [5, 5.41) is 0.812. The topological polar surface area (TPSA) is 55.3 Å². The predicted molar refractivity (Wildman–Crippen MR) is 121 cm³/mol. The van der Waals surface area contributed by atoms with Gasteiger partial charge in [0.1, 0.15) is 0 Å². The van der Waals surface area contributed by atoms with Crippen molar-refractivity contribution in [1.82, 2.24) is 9.97 Å². The van der Waals surface area contributed by atoms with Gasteiger partial charge in [-0.1, -0.05) is 6.07 Å². The SMILES string of the molecule is Cc1nc2ncccc2cc1C(=O)CCCCc1ccc(N2CCOCC2)c(C(F)(F)F)c1. The number of carbonyl (C=O) groups is 1. The van der Waals surface area contributed by atoms with E-state index >= 15 is 0 Å². The Hall–Kier alpha value is -3.00. The fourth-order valence-electron chi connectivity index (χ4n) is 4.17. The van der Waals surface area contributed by atoms with Gasteiger partial charge >= 0.3 is 6.18 Å². The number of morpholine rings is 1. The van der Waals surface area contributed by atoms with Gasteiger partial charge < -0.3 is 9.64 Å².